The molecule has 0 aromatic heterocycles. The standard InChI is InChI=1S/C22H21F6NO3/c1-13(14-5-3-2-4-6-14)19(31)29-12-17(30)9-7-15-11-16(8-10-18(15)29)20(32,21(23,24)25)22(26,27)28/h2-6,8,10-11,13,17,30,32H,7,9,12H2,1H3/t13?,17-/m0/s1. The highest BCUT2D eigenvalue weighted by Crippen LogP contribution is 2.50. The zero-order valence-corrected chi connectivity index (χ0v) is 16.9. The summed E-state index contributed by atoms with van der Waals surface area (Å²) in [6, 6.07) is 10.7. The van der Waals surface area contributed by atoms with E-state index >= 15 is 0 Å². The van der Waals surface area contributed by atoms with Crippen LogP contribution >= 0.6 is 0 Å². The first kappa shape index (κ1) is 24.1. The molecule has 1 unspecified atom stereocenters. The molecule has 10 heteroatoms. The normalized spacial score (nSPS) is 18.7. The molecule has 0 saturated heterocycles. The molecule has 0 radical (unpaired) electrons. The number of β-amino-alcohol motifs (C(OH)–C–C–N with tert-alkyl or cyclic N) is 1. The summed E-state index contributed by atoms with van der Waals surface area (Å²) in [6.45, 7) is 1.46. The zero-order chi connectivity index (χ0) is 23.9. The minimum absolute atomic E-state index is 0.000383. The Bertz CT molecular complexity index is 960. The van der Waals surface area contributed by atoms with Gasteiger partial charge in [-0.25, -0.2) is 0 Å². The Kier molecular flexibility index (Phi) is 6.32. The molecule has 1 amide bonds. The number of aliphatic hydroxyl groups excluding tert-OH is 1. The third kappa shape index (κ3) is 4.21. The van der Waals surface area contributed by atoms with Crippen LogP contribution in [0.4, 0.5) is 32.0 Å². The van der Waals surface area contributed by atoms with Crippen molar-refractivity contribution in [1.82, 2.24) is 0 Å². The molecule has 0 fully saturated rings. The average Bonchev–Trinajstić information content (AvgIpc) is 2.89. The monoisotopic (exact) mass is 461 g/mol. The van der Waals surface area contributed by atoms with Gasteiger partial charge in [0, 0.05) is 11.3 Å². The molecule has 174 valence electrons. The molecule has 0 spiro atoms. The van der Waals surface area contributed by atoms with E-state index in [1.54, 1.807) is 37.3 Å². The number of fused-ring (bicyclic) bond motifs is 1. The smallest absolute Gasteiger partial charge is 0.391 e. The minimum atomic E-state index is -6.01. The highest BCUT2D eigenvalue weighted by atomic mass is 19.4. The lowest BCUT2D eigenvalue weighted by Gasteiger charge is -2.33. The first-order valence-corrected chi connectivity index (χ1v) is 9.81. The van der Waals surface area contributed by atoms with Crippen molar-refractivity contribution in [3.63, 3.8) is 0 Å². The number of anilines is 1. The Morgan fingerprint density at radius 3 is 2.19 bits per heavy atom. The Morgan fingerprint density at radius 2 is 1.62 bits per heavy atom. The van der Waals surface area contributed by atoms with E-state index in [1.165, 1.54) is 4.90 Å². The van der Waals surface area contributed by atoms with Crippen molar-refractivity contribution in [2.45, 2.75) is 49.7 Å². The maximum atomic E-state index is 13.3. The summed E-state index contributed by atoms with van der Waals surface area (Å²) in [5.41, 5.74) is -5.69. The van der Waals surface area contributed by atoms with E-state index in [0.717, 1.165) is 6.07 Å². The van der Waals surface area contributed by atoms with Gasteiger partial charge in [0.05, 0.1) is 18.6 Å². The topological polar surface area (TPSA) is 60.8 Å². The molecule has 3 rings (SSSR count). The zero-order valence-electron chi connectivity index (χ0n) is 16.9. The molecule has 2 aromatic carbocycles. The van der Waals surface area contributed by atoms with Gasteiger partial charge in [-0.1, -0.05) is 42.5 Å². The van der Waals surface area contributed by atoms with Gasteiger partial charge in [0.25, 0.3) is 5.60 Å². The van der Waals surface area contributed by atoms with E-state index in [9.17, 15) is 41.4 Å². The third-order valence-electron chi connectivity index (χ3n) is 5.68. The van der Waals surface area contributed by atoms with Gasteiger partial charge in [-0.3, -0.25) is 4.79 Å². The molecule has 2 atom stereocenters. The van der Waals surface area contributed by atoms with Crippen molar-refractivity contribution in [1.29, 1.82) is 0 Å². The van der Waals surface area contributed by atoms with Crippen molar-refractivity contribution in [3.8, 4) is 0 Å². The lowest BCUT2D eigenvalue weighted by atomic mass is 9.89. The SMILES string of the molecule is CC(C(=O)N1C[C@@H](O)CCc2cc(C(O)(C(F)(F)F)C(F)(F)F)ccc21)c1ccccc1. The fourth-order valence-corrected chi connectivity index (χ4v) is 3.81. The number of hydrogen-bond acceptors (Lipinski definition) is 3. The Hall–Kier alpha value is -2.59. The van der Waals surface area contributed by atoms with Crippen LogP contribution in [-0.4, -0.2) is 41.1 Å². The summed E-state index contributed by atoms with van der Waals surface area (Å²) in [7, 11) is 0. The first-order valence-electron chi connectivity index (χ1n) is 9.81. The molecule has 0 bridgehead atoms. The van der Waals surface area contributed by atoms with Crippen LogP contribution in [0.2, 0.25) is 0 Å². The summed E-state index contributed by atoms with van der Waals surface area (Å²) < 4.78 is 79.7. The van der Waals surface area contributed by atoms with Crippen LogP contribution < -0.4 is 4.90 Å². The summed E-state index contributed by atoms with van der Waals surface area (Å²) in [6.07, 6.45) is -13.1. The predicted octanol–water partition coefficient (Wildman–Crippen LogP) is 4.44. The molecule has 1 heterocycles. The lowest BCUT2D eigenvalue weighted by molar-refractivity contribution is -0.376. The average molecular weight is 461 g/mol. The fourth-order valence-electron chi connectivity index (χ4n) is 3.81. The van der Waals surface area contributed by atoms with Crippen LogP contribution in [0.25, 0.3) is 0 Å². The summed E-state index contributed by atoms with van der Waals surface area (Å²) in [5.74, 6) is -1.13. The largest absolute Gasteiger partial charge is 0.430 e. The van der Waals surface area contributed by atoms with E-state index in [-0.39, 0.29) is 30.6 Å². The number of hydrogen-bond donors (Lipinski definition) is 2. The second-order valence-corrected chi connectivity index (χ2v) is 7.82. The van der Waals surface area contributed by atoms with E-state index in [1.807, 2.05) is 0 Å². The number of nitrogens with zero attached hydrogens (tertiary/aromatic N) is 1. The Balaban J connectivity index is 2.07. The van der Waals surface area contributed by atoms with Crippen molar-refractivity contribution < 1.29 is 41.4 Å². The minimum Gasteiger partial charge on any atom is -0.391 e. The van der Waals surface area contributed by atoms with E-state index in [2.05, 4.69) is 0 Å². The van der Waals surface area contributed by atoms with Crippen LogP contribution in [0.1, 0.15) is 36.0 Å². The van der Waals surface area contributed by atoms with Crippen molar-refractivity contribution in [2.75, 3.05) is 11.4 Å². The van der Waals surface area contributed by atoms with E-state index in [4.69, 9.17) is 0 Å². The molecular weight excluding hydrogens is 440 g/mol. The van der Waals surface area contributed by atoms with Crippen LogP contribution in [0.5, 0.6) is 0 Å². The van der Waals surface area contributed by atoms with E-state index < -0.39 is 41.4 Å². The fraction of sp³-hybridized carbons (Fsp3) is 0.409. The van der Waals surface area contributed by atoms with Crippen LogP contribution in [0, 0.1) is 0 Å². The highest BCUT2D eigenvalue weighted by Gasteiger charge is 2.71. The molecule has 0 aliphatic carbocycles. The lowest BCUT2D eigenvalue weighted by Crippen LogP contribution is -2.54. The van der Waals surface area contributed by atoms with Crippen molar-refractivity contribution in [3.05, 3.63) is 65.2 Å². The Labute approximate surface area is 180 Å². The number of aliphatic hydroxyl groups is 2. The molecule has 0 saturated carbocycles. The molecule has 4 nitrogen and oxygen atoms in total. The van der Waals surface area contributed by atoms with Gasteiger partial charge in [-0.2, -0.15) is 26.3 Å². The van der Waals surface area contributed by atoms with Crippen LogP contribution in [0.3, 0.4) is 0 Å². The van der Waals surface area contributed by atoms with Gasteiger partial charge in [-0.05, 0) is 37.0 Å². The quantitative estimate of drug-likeness (QED) is 0.665. The number of halogens is 6. The molecule has 1 aliphatic heterocycles. The predicted molar refractivity (Wildman–Crippen MR) is 104 cm³/mol. The number of aryl methyl sites for hydroxylation is 1. The maximum Gasteiger partial charge on any atom is 0.430 e. The maximum absolute atomic E-state index is 13.3. The summed E-state index contributed by atoms with van der Waals surface area (Å²) in [5, 5.41) is 19.9. The number of carbonyl (C=O) groups excluding carboxylic acids is 1. The molecule has 32 heavy (non-hydrogen) atoms. The first-order chi connectivity index (χ1) is 14.8. The summed E-state index contributed by atoms with van der Waals surface area (Å²) in [4.78, 5) is 14.3. The number of amides is 1. The van der Waals surface area contributed by atoms with Crippen LogP contribution in [-0.2, 0) is 16.8 Å². The van der Waals surface area contributed by atoms with Gasteiger partial charge in [-0.15, -0.1) is 0 Å². The van der Waals surface area contributed by atoms with E-state index in [0.29, 0.717) is 17.7 Å². The third-order valence-corrected chi connectivity index (χ3v) is 5.68. The number of rotatable bonds is 3. The van der Waals surface area contributed by atoms with Gasteiger partial charge in [0.15, 0.2) is 0 Å². The number of alkyl halides is 6. The molecule has 2 N–H and O–H groups in total. The second kappa shape index (κ2) is 8.40. The second-order valence-electron chi connectivity index (χ2n) is 7.82. The Morgan fingerprint density at radius 1 is 1.03 bits per heavy atom. The highest BCUT2D eigenvalue weighted by molar-refractivity contribution is 5.98. The van der Waals surface area contributed by atoms with Crippen molar-refractivity contribution >= 4 is 11.6 Å². The number of benzene rings is 2. The molecule has 1 aliphatic rings. The van der Waals surface area contributed by atoms with Crippen molar-refractivity contribution in [2.24, 2.45) is 0 Å². The van der Waals surface area contributed by atoms with Gasteiger partial charge < -0.3 is 15.1 Å². The van der Waals surface area contributed by atoms with Gasteiger partial charge in [0.1, 0.15) is 0 Å². The molecular formula is C22H21F6NO3. The van der Waals surface area contributed by atoms with Gasteiger partial charge >= 0.3 is 12.4 Å². The number of carbonyl (C=O) groups is 1. The summed E-state index contributed by atoms with van der Waals surface area (Å²) >= 11 is 0. The van der Waals surface area contributed by atoms with Gasteiger partial charge in [0.2, 0.25) is 5.91 Å². The molecule has 2 aromatic rings. The van der Waals surface area contributed by atoms with Crippen LogP contribution in [0.15, 0.2) is 48.5 Å².